The first-order valence-electron chi connectivity index (χ1n) is 8.00. The lowest BCUT2D eigenvalue weighted by Crippen LogP contribution is -2.54. The summed E-state index contributed by atoms with van der Waals surface area (Å²) in [5.74, 6) is 0.605. The number of halogens is 1. The Bertz CT molecular complexity index is 498. The van der Waals surface area contributed by atoms with Gasteiger partial charge in [0, 0.05) is 32.7 Å². The van der Waals surface area contributed by atoms with Crippen molar-refractivity contribution in [1.29, 1.82) is 0 Å². The maximum absolute atomic E-state index is 12.2. The Hall–Kier alpha value is -1.26. The summed E-state index contributed by atoms with van der Waals surface area (Å²) in [6.07, 6.45) is 0. The van der Waals surface area contributed by atoms with Crippen LogP contribution in [0.2, 0.25) is 5.02 Å². The zero-order chi connectivity index (χ0) is 16.1. The summed E-state index contributed by atoms with van der Waals surface area (Å²) >= 11 is 6.26. The standard InChI is InChI=1S/C17H26ClN3O/c1-13(2)12-19-17(22)14(3)20-8-10-21(11-9-20)16-7-5-4-6-15(16)18/h4-7,13-14H,8-12H2,1-3H3,(H,19,22)/t14-/m0/s1. The van der Waals surface area contributed by atoms with Gasteiger partial charge in [-0.15, -0.1) is 0 Å². The number of para-hydroxylation sites is 1. The molecular formula is C17H26ClN3O. The average molecular weight is 324 g/mol. The van der Waals surface area contributed by atoms with Gasteiger partial charge in [-0.3, -0.25) is 9.69 Å². The van der Waals surface area contributed by atoms with E-state index in [0.29, 0.717) is 5.92 Å². The van der Waals surface area contributed by atoms with Crippen molar-refractivity contribution in [1.82, 2.24) is 10.2 Å². The maximum atomic E-state index is 12.2. The quantitative estimate of drug-likeness (QED) is 0.905. The highest BCUT2D eigenvalue weighted by Crippen LogP contribution is 2.26. The van der Waals surface area contributed by atoms with Crippen molar-refractivity contribution >= 4 is 23.2 Å². The van der Waals surface area contributed by atoms with Crippen molar-refractivity contribution in [2.75, 3.05) is 37.6 Å². The summed E-state index contributed by atoms with van der Waals surface area (Å²) in [7, 11) is 0. The molecule has 1 N–H and O–H groups in total. The predicted molar refractivity (Wildman–Crippen MR) is 92.5 cm³/mol. The first-order chi connectivity index (χ1) is 10.5. The molecule has 1 aliphatic rings. The van der Waals surface area contributed by atoms with E-state index in [2.05, 4.69) is 35.0 Å². The fourth-order valence-electron chi connectivity index (χ4n) is 2.68. The SMILES string of the molecule is CC(C)CNC(=O)[C@H](C)N1CCN(c2ccccc2Cl)CC1. The van der Waals surface area contributed by atoms with Gasteiger partial charge in [0.1, 0.15) is 0 Å². The molecule has 0 spiro atoms. The largest absolute Gasteiger partial charge is 0.368 e. The molecule has 2 rings (SSSR count). The van der Waals surface area contributed by atoms with Crippen molar-refractivity contribution in [2.45, 2.75) is 26.8 Å². The summed E-state index contributed by atoms with van der Waals surface area (Å²) in [6.45, 7) is 10.5. The zero-order valence-electron chi connectivity index (χ0n) is 13.7. The van der Waals surface area contributed by atoms with Gasteiger partial charge in [-0.1, -0.05) is 37.6 Å². The lowest BCUT2D eigenvalue weighted by Gasteiger charge is -2.38. The van der Waals surface area contributed by atoms with E-state index in [4.69, 9.17) is 11.6 Å². The Labute approximate surface area is 138 Å². The first-order valence-corrected chi connectivity index (χ1v) is 8.38. The fourth-order valence-corrected chi connectivity index (χ4v) is 2.93. The molecule has 122 valence electrons. The van der Waals surface area contributed by atoms with E-state index >= 15 is 0 Å². The van der Waals surface area contributed by atoms with E-state index in [0.717, 1.165) is 43.4 Å². The summed E-state index contributed by atoms with van der Waals surface area (Å²) in [4.78, 5) is 16.7. The minimum absolute atomic E-state index is 0.0767. The van der Waals surface area contributed by atoms with E-state index in [1.807, 2.05) is 25.1 Å². The lowest BCUT2D eigenvalue weighted by molar-refractivity contribution is -0.126. The van der Waals surface area contributed by atoms with Crippen LogP contribution in [0.3, 0.4) is 0 Å². The highest BCUT2D eigenvalue weighted by atomic mass is 35.5. The maximum Gasteiger partial charge on any atom is 0.237 e. The van der Waals surface area contributed by atoms with Crippen LogP contribution in [0.4, 0.5) is 5.69 Å². The Morgan fingerprint density at radius 1 is 1.18 bits per heavy atom. The van der Waals surface area contributed by atoms with Gasteiger partial charge in [0.15, 0.2) is 0 Å². The van der Waals surface area contributed by atoms with E-state index < -0.39 is 0 Å². The molecule has 0 unspecified atom stereocenters. The molecule has 0 saturated carbocycles. The highest BCUT2D eigenvalue weighted by Gasteiger charge is 2.26. The number of nitrogens with one attached hydrogen (secondary N) is 1. The molecule has 0 radical (unpaired) electrons. The minimum atomic E-state index is -0.0767. The second kappa shape index (κ2) is 7.84. The molecule has 1 aliphatic heterocycles. The summed E-state index contributed by atoms with van der Waals surface area (Å²) in [5, 5.41) is 3.81. The zero-order valence-corrected chi connectivity index (χ0v) is 14.4. The lowest BCUT2D eigenvalue weighted by atomic mass is 10.1. The summed E-state index contributed by atoms with van der Waals surface area (Å²) in [6, 6.07) is 7.85. The van der Waals surface area contributed by atoms with Gasteiger partial charge in [-0.25, -0.2) is 0 Å². The van der Waals surface area contributed by atoms with Crippen LogP contribution < -0.4 is 10.2 Å². The summed E-state index contributed by atoms with van der Waals surface area (Å²) < 4.78 is 0. The highest BCUT2D eigenvalue weighted by molar-refractivity contribution is 6.33. The Kier molecular flexibility index (Phi) is 6.09. The Morgan fingerprint density at radius 3 is 2.41 bits per heavy atom. The topological polar surface area (TPSA) is 35.6 Å². The van der Waals surface area contributed by atoms with Crippen molar-refractivity contribution in [3.63, 3.8) is 0 Å². The third-order valence-corrected chi connectivity index (χ3v) is 4.44. The van der Waals surface area contributed by atoms with Crippen LogP contribution in [0.25, 0.3) is 0 Å². The van der Waals surface area contributed by atoms with E-state index in [-0.39, 0.29) is 11.9 Å². The number of hydrogen-bond acceptors (Lipinski definition) is 3. The van der Waals surface area contributed by atoms with Gasteiger partial charge in [-0.2, -0.15) is 0 Å². The Morgan fingerprint density at radius 2 is 1.82 bits per heavy atom. The van der Waals surface area contributed by atoms with Gasteiger partial charge in [-0.05, 0) is 25.0 Å². The van der Waals surface area contributed by atoms with Crippen LogP contribution in [0, 0.1) is 5.92 Å². The predicted octanol–water partition coefficient (Wildman–Crippen LogP) is 2.62. The molecule has 0 aliphatic carbocycles. The van der Waals surface area contributed by atoms with Gasteiger partial charge in [0.05, 0.1) is 16.8 Å². The van der Waals surface area contributed by atoms with Crippen molar-refractivity contribution < 1.29 is 4.79 Å². The van der Waals surface area contributed by atoms with Crippen LogP contribution in [0.1, 0.15) is 20.8 Å². The third-order valence-electron chi connectivity index (χ3n) is 4.12. The fraction of sp³-hybridized carbons (Fsp3) is 0.588. The van der Waals surface area contributed by atoms with Crippen molar-refractivity contribution in [3.05, 3.63) is 29.3 Å². The molecule has 5 heteroatoms. The smallest absolute Gasteiger partial charge is 0.237 e. The van der Waals surface area contributed by atoms with E-state index in [1.165, 1.54) is 0 Å². The van der Waals surface area contributed by atoms with Crippen LogP contribution >= 0.6 is 11.6 Å². The number of anilines is 1. The average Bonchev–Trinajstić information content (AvgIpc) is 2.52. The molecule has 0 bridgehead atoms. The van der Waals surface area contributed by atoms with Gasteiger partial charge in [0.25, 0.3) is 0 Å². The Balaban J connectivity index is 1.86. The molecule has 0 aromatic heterocycles. The summed E-state index contributed by atoms with van der Waals surface area (Å²) in [5.41, 5.74) is 1.08. The van der Waals surface area contributed by atoms with Crippen LogP contribution in [0.15, 0.2) is 24.3 Å². The van der Waals surface area contributed by atoms with E-state index in [1.54, 1.807) is 0 Å². The van der Waals surface area contributed by atoms with Crippen LogP contribution in [-0.4, -0.2) is 49.6 Å². The third kappa shape index (κ3) is 4.37. The number of rotatable bonds is 5. The second-order valence-electron chi connectivity index (χ2n) is 6.29. The normalized spacial score (nSPS) is 17.6. The molecule has 1 aromatic rings. The first kappa shape index (κ1) is 17.1. The van der Waals surface area contributed by atoms with Gasteiger partial charge < -0.3 is 10.2 Å². The number of piperazine rings is 1. The number of carbonyl (C=O) groups is 1. The molecule has 22 heavy (non-hydrogen) atoms. The molecule has 1 aromatic carbocycles. The minimum Gasteiger partial charge on any atom is -0.368 e. The molecule has 1 amide bonds. The van der Waals surface area contributed by atoms with E-state index in [9.17, 15) is 4.79 Å². The number of benzene rings is 1. The number of amides is 1. The monoisotopic (exact) mass is 323 g/mol. The van der Waals surface area contributed by atoms with Crippen LogP contribution in [0.5, 0.6) is 0 Å². The van der Waals surface area contributed by atoms with Crippen LogP contribution in [-0.2, 0) is 4.79 Å². The molecular weight excluding hydrogens is 298 g/mol. The molecule has 4 nitrogen and oxygen atoms in total. The number of nitrogens with zero attached hydrogens (tertiary/aromatic N) is 2. The number of hydrogen-bond donors (Lipinski definition) is 1. The van der Waals surface area contributed by atoms with Crippen molar-refractivity contribution in [3.8, 4) is 0 Å². The van der Waals surface area contributed by atoms with Gasteiger partial charge in [0.2, 0.25) is 5.91 Å². The second-order valence-corrected chi connectivity index (χ2v) is 6.70. The molecule has 1 saturated heterocycles. The molecule has 1 atom stereocenters. The molecule has 1 heterocycles. The van der Waals surface area contributed by atoms with Crippen molar-refractivity contribution in [2.24, 2.45) is 5.92 Å². The van der Waals surface area contributed by atoms with Gasteiger partial charge >= 0.3 is 0 Å². The number of carbonyl (C=O) groups excluding carboxylic acids is 1. The molecule has 1 fully saturated rings.